The summed E-state index contributed by atoms with van der Waals surface area (Å²) in [5.74, 6) is 1.53. The second-order valence-electron chi connectivity index (χ2n) is 8.10. The summed E-state index contributed by atoms with van der Waals surface area (Å²) in [5.41, 5.74) is 9.02. The number of rotatable bonds is 6. The summed E-state index contributed by atoms with van der Waals surface area (Å²) in [7, 11) is 1.98. The van der Waals surface area contributed by atoms with Gasteiger partial charge >= 0.3 is 0 Å². The Kier molecular flexibility index (Phi) is 5.88. The third kappa shape index (κ3) is 4.13. The van der Waals surface area contributed by atoms with Gasteiger partial charge in [-0.2, -0.15) is 0 Å². The minimum Gasteiger partial charge on any atom is -0.486 e. The number of fused-ring (bicyclic) bond motifs is 2. The van der Waals surface area contributed by atoms with E-state index >= 15 is 0 Å². The Hall–Kier alpha value is -2.84. The predicted octanol–water partition coefficient (Wildman–Crippen LogP) is 5.30. The number of ether oxygens (including phenoxy) is 1. The zero-order chi connectivity index (χ0) is 23.1. The van der Waals surface area contributed by atoms with E-state index in [1.807, 2.05) is 55.4 Å². The van der Waals surface area contributed by atoms with Crippen molar-refractivity contribution in [2.45, 2.75) is 25.5 Å². The van der Waals surface area contributed by atoms with Crippen LogP contribution in [0, 0.1) is 0 Å². The molecule has 0 aliphatic carbocycles. The number of nitrogens with zero attached hydrogens (tertiary/aromatic N) is 3. The average Bonchev–Trinajstić information content (AvgIpc) is 3.32. The fraction of sp³-hybridized carbons (Fsp3) is 0.250. The van der Waals surface area contributed by atoms with Gasteiger partial charge in [0.1, 0.15) is 23.7 Å². The minimum absolute atomic E-state index is 0.117. The molecule has 33 heavy (non-hydrogen) atoms. The largest absolute Gasteiger partial charge is 0.486 e. The summed E-state index contributed by atoms with van der Waals surface area (Å²) in [4.78, 5) is 12.3. The highest BCUT2D eigenvalue weighted by Gasteiger charge is 2.32. The Morgan fingerprint density at radius 1 is 1.15 bits per heavy atom. The summed E-state index contributed by atoms with van der Waals surface area (Å²) >= 11 is 12.6. The molecule has 7 nitrogen and oxygen atoms in total. The van der Waals surface area contributed by atoms with Crippen molar-refractivity contribution >= 4 is 39.9 Å². The van der Waals surface area contributed by atoms with Gasteiger partial charge in [0.15, 0.2) is 0 Å². The van der Waals surface area contributed by atoms with E-state index in [4.69, 9.17) is 32.9 Å². The van der Waals surface area contributed by atoms with Crippen LogP contribution >= 0.6 is 23.2 Å². The van der Waals surface area contributed by atoms with Gasteiger partial charge in [-0.3, -0.25) is 4.98 Å². The highest BCUT2D eigenvalue weighted by atomic mass is 35.5. The molecule has 2 aromatic heterocycles. The first-order chi connectivity index (χ1) is 15.9. The number of aromatic nitrogens is 3. The number of aliphatic hydroxyl groups is 1. The number of hydrogen-bond acceptors (Lipinski definition) is 6. The van der Waals surface area contributed by atoms with Crippen LogP contribution in [-0.2, 0) is 6.42 Å². The normalized spacial score (nSPS) is 16.6. The van der Waals surface area contributed by atoms with Crippen LogP contribution in [0.25, 0.3) is 11.0 Å². The molecule has 170 valence electrons. The Morgan fingerprint density at radius 2 is 1.94 bits per heavy atom. The first-order valence-electron chi connectivity index (χ1n) is 10.6. The summed E-state index contributed by atoms with van der Waals surface area (Å²) in [6.07, 6.45) is 3.39. The standard InChI is InChI=1S/C24H23Cl2N5O2/c1-13(22-17(25)11-27-12-18(22)26)33-15-4-6-19-16(10-15)23(31(2)30-19)24-28-20-5-3-14(7-8-32)9-21(20)29-24/h3-6,9-13,23,30,32H,7-8H2,1-2H3,(H,28,29). The van der Waals surface area contributed by atoms with Crippen molar-refractivity contribution in [3.63, 3.8) is 0 Å². The van der Waals surface area contributed by atoms with Crippen molar-refractivity contribution in [1.29, 1.82) is 0 Å². The second kappa shape index (κ2) is 8.83. The highest BCUT2D eigenvalue weighted by molar-refractivity contribution is 6.35. The van der Waals surface area contributed by atoms with Crippen LogP contribution in [0.4, 0.5) is 5.69 Å². The van der Waals surface area contributed by atoms with Crippen molar-refractivity contribution in [2.75, 3.05) is 19.1 Å². The number of benzene rings is 2. The topological polar surface area (TPSA) is 86.3 Å². The van der Waals surface area contributed by atoms with E-state index in [-0.39, 0.29) is 18.8 Å². The first kappa shape index (κ1) is 22.0. The molecular formula is C24H23Cl2N5O2. The van der Waals surface area contributed by atoms with Gasteiger partial charge in [0.05, 0.1) is 26.8 Å². The lowest BCUT2D eigenvalue weighted by Gasteiger charge is -2.19. The molecule has 2 atom stereocenters. The number of H-pyrrole nitrogens is 1. The molecule has 9 heteroatoms. The molecule has 3 heterocycles. The van der Waals surface area contributed by atoms with Gasteiger partial charge in [-0.1, -0.05) is 29.3 Å². The van der Waals surface area contributed by atoms with Gasteiger partial charge in [0.25, 0.3) is 0 Å². The minimum atomic E-state index is -0.354. The molecule has 0 saturated heterocycles. The summed E-state index contributed by atoms with van der Waals surface area (Å²) < 4.78 is 6.21. The Balaban J connectivity index is 1.46. The number of anilines is 1. The van der Waals surface area contributed by atoms with Crippen molar-refractivity contribution in [1.82, 2.24) is 20.0 Å². The molecule has 2 unspecified atom stereocenters. The van der Waals surface area contributed by atoms with Crippen LogP contribution in [0.2, 0.25) is 10.0 Å². The lowest BCUT2D eigenvalue weighted by atomic mass is 10.1. The third-order valence-electron chi connectivity index (χ3n) is 5.84. The molecular weight excluding hydrogens is 461 g/mol. The van der Waals surface area contributed by atoms with Crippen molar-refractivity contribution in [3.05, 3.63) is 81.4 Å². The molecule has 3 N–H and O–H groups in total. The van der Waals surface area contributed by atoms with E-state index in [2.05, 4.69) is 15.4 Å². The van der Waals surface area contributed by atoms with Crippen LogP contribution in [0.5, 0.6) is 5.75 Å². The summed E-state index contributed by atoms with van der Waals surface area (Å²) in [6, 6.07) is 11.8. The molecule has 0 spiro atoms. The Morgan fingerprint density at radius 3 is 2.70 bits per heavy atom. The number of aromatic amines is 1. The quantitative estimate of drug-likeness (QED) is 0.344. The van der Waals surface area contributed by atoms with Gasteiger partial charge in [0.2, 0.25) is 0 Å². The maximum Gasteiger partial charge on any atom is 0.131 e. The highest BCUT2D eigenvalue weighted by Crippen LogP contribution is 2.41. The molecule has 0 bridgehead atoms. The zero-order valence-electron chi connectivity index (χ0n) is 18.1. The SMILES string of the molecule is CC(Oc1ccc2c(c1)C(c1nc3ccc(CCO)cc3[nH]1)N(C)N2)c1c(Cl)cncc1Cl. The number of halogens is 2. The Bertz CT molecular complexity index is 1310. The van der Waals surface area contributed by atoms with E-state index in [1.54, 1.807) is 12.4 Å². The fourth-order valence-corrected chi connectivity index (χ4v) is 4.97. The zero-order valence-corrected chi connectivity index (χ0v) is 19.7. The Labute approximate surface area is 201 Å². The van der Waals surface area contributed by atoms with E-state index < -0.39 is 0 Å². The molecule has 5 rings (SSSR count). The van der Waals surface area contributed by atoms with Crippen LogP contribution in [0.3, 0.4) is 0 Å². The van der Waals surface area contributed by atoms with Gasteiger partial charge in [-0.05, 0) is 49.2 Å². The maximum absolute atomic E-state index is 9.23. The van der Waals surface area contributed by atoms with E-state index in [0.29, 0.717) is 27.8 Å². The maximum atomic E-state index is 9.23. The predicted molar refractivity (Wildman–Crippen MR) is 130 cm³/mol. The second-order valence-corrected chi connectivity index (χ2v) is 8.91. The van der Waals surface area contributed by atoms with Crippen LogP contribution in [0.15, 0.2) is 48.8 Å². The van der Waals surface area contributed by atoms with E-state index in [0.717, 1.165) is 33.7 Å². The molecule has 0 radical (unpaired) electrons. The van der Waals surface area contributed by atoms with Crippen molar-refractivity contribution in [2.24, 2.45) is 0 Å². The summed E-state index contributed by atoms with van der Waals surface area (Å²) in [6.45, 7) is 2.03. The van der Waals surface area contributed by atoms with Crippen LogP contribution in [0.1, 0.15) is 41.6 Å². The van der Waals surface area contributed by atoms with Gasteiger partial charge in [-0.15, -0.1) is 0 Å². The molecule has 1 aliphatic heterocycles. The lowest BCUT2D eigenvalue weighted by Crippen LogP contribution is -2.24. The fourth-order valence-electron chi connectivity index (χ4n) is 4.30. The molecule has 2 aromatic carbocycles. The lowest BCUT2D eigenvalue weighted by molar-refractivity contribution is 0.226. The van der Waals surface area contributed by atoms with Crippen molar-refractivity contribution in [3.8, 4) is 5.75 Å². The third-order valence-corrected chi connectivity index (χ3v) is 6.44. The molecule has 1 aliphatic rings. The monoisotopic (exact) mass is 483 g/mol. The average molecular weight is 484 g/mol. The first-order valence-corrected chi connectivity index (χ1v) is 11.4. The van der Waals surface area contributed by atoms with E-state index in [1.165, 1.54) is 0 Å². The van der Waals surface area contributed by atoms with Gasteiger partial charge in [0, 0.05) is 37.2 Å². The number of hydrazine groups is 1. The molecule has 0 fully saturated rings. The number of pyridine rings is 1. The smallest absolute Gasteiger partial charge is 0.131 e. The summed E-state index contributed by atoms with van der Waals surface area (Å²) in [5, 5.41) is 12.2. The number of imidazole rings is 1. The van der Waals surface area contributed by atoms with Crippen LogP contribution in [-0.4, -0.2) is 38.7 Å². The van der Waals surface area contributed by atoms with Gasteiger partial charge < -0.3 is 20.3 Å². The number of nitrogens with one attached hydrogen (secondary N) is 2. The van der Waals surface area contributed by atoms with E-state index in [9.17, 15) is 5.11 Å². The van der Waals surface area contributed by atoms with Crippen molar-refractivity contribution < 1.29 is 9.84 Å². The van der Waals surface area contributed by atoms with Crippen LogP contribution < -0.4 is 10.2 Å². The number of aliphatic hydroxyl groups excluding tert-OH is 1. The molecule has 0 saturated carbocycles. The molecule has 0 amide bonds. The molecule has 4 aromatic rings. The van der Waals surface area contributed by atoms with Gasteiger partial charge in [-0.25, -0.2) is 9.99 Å². The number of hydrogen-bond donors (Lipinski definition) is 3.